The van der Waals surface area contributed by atoms with Crippen molar-refractivity contribution in [2.45, 2.75) is 6.42 Å². The molecular weight excluding hydrogens is 288 g/mol. The first kappa shape index (κ1) is 15.1. The molecule has 1 heterocycles. The zero-order valence-corrected chi connectivity index (χ0v) is 12.4. The van der Waals surface area contributed by atoms with Gasteiger partial charge in [-0.2, -0.15) is 11.3 Å². The molecule has 0 amide bonds. The number of benzene rings is 1. The Morgan fingerprint density at radius 1 is 1.33 bits per heavy atom. The van der Waals surface area contributed by atoms with Crippen LogP contribution in [0.15, 0.2) is 41.1 Å². The summed E-state index contributed by atoms with van der Waals surface area (Å²) in [6.45, 7) is 0.567. The van der Waals surface area contributed by atoms with E-state index in [2.05, 4.69) is 11.4 Å². The van der Waals surface area contributed by atoms with Crippen LogP contribution >= 0.6 is 11.3 Å². The smallest absolute Gasteiger partial charge is 0.328 e. The average Bonchev–Trinajstić information content (AvgIpc) is 2.99. The van der Waals surface area contributed by atoms with E-state index in [1.165, 1.54) is 11.6 Å². The molecule has 110 valence electrons. The third-order valence-electron chi connectivity index (χ3n) is 2.83. The van der Waals surface area contributed by atoms with Crippen molar-refractivity contribution in [1.82, 2.24) is 0 Å². The van der Waals surface area contributed by atoms with E-state index in [4.69, 9.17) is 14.6 Å². The van der Waals surface area contributed by atoms with Gasteiger partial charge < -0.3 is 14.6 Å². The second-order valence-electron chi connectivity index (χ2n) is 4.31. The number of hydrogen-bond acceptors (Lipinski definition) is 4. The zero-order valence-electron chi connectivity index (χ0n) is 11.6. The van der Waals surface area contributed by atoms with Gasteiger partial charge in [-0.05, 0) is 46.2 Å². The van der Waals surface area contributed by atoms with Crippen molar-refractivity contribution in [3.8, 4) is 11.5 Å². The molecule has 2 rings (SSSR count). The van der Waals surface area contributed by atoms with Crippen LogP contribution < -0.4 is 9.47 Å². The lowest BCUT2D eigenvalue weighted by atomic mass is 10.2. The van der Waals surface area contributed by atoms with Crippen LogP contribution in [-0.4, -0.2) is 24.8 Å². The predicted octanol–water partition coefficient (Wildman–Crippen LogP) is 3.48. The van der Waals surface area contributed by atoms with Gasteiger partial charge in [0.1, 0.15) is 0 Å². The molecule has 0 saturated heterocycles. The highest BCUT2D eigenvalue weighted by Gasteiger charge is 2.05. The molecule has 0 radical (unpaired) electrons. The number of carbonyl (C=O) groups is 1. The van der Waals surface area contributed by atoms with Crippen molar-refractivity contribution in [2.75, 3.05) is 13.7 Å². The number of methoxy groups -OCH3 is 1. The van der Waals surface area contributed by atoms with Crippen LogP contribution in [0.25, 0.3) is 6.08 Å². The van der Waals surface area contributed by atoms with Gasteiger partial charge in [0, 0.05) is 12.5 Å². The predicted molar refractivity (Wildman–Crippen MR) is 83.2 cm³/mol. The molecule has 0 aliphatic heterocycles. The molecule has 0 unspecified atom stereocenters. The van der Waals surface area contributed by atoms with E-state index in [0.29, 0.717) is 18.1 Å². The third-order valence-corrected chi connectivity index (χ3v) is 3.57. The van der Waals surface area contributed by atoms with Crippen molar-refractivity contribution in [3.63, 3.8) is 0 Å². The van der Waals surface area contributed by atoms with Crippen molar-refractivity contribution < 1.29 is 19.4 Å². The molecule has 2 aromatic rings. The Labute approximate surface area is 127 Å². The molecule has 5 heteroatoms. The van der Waals surface area contributed by atoms with Crippen LogP contribution in [0.5, 0.6) is 11.5 Å². The van der Waals surface area contributed by atoms with Crippen LogP contribution in [0.1, 0.15) is 11.1 Å². The summed E-state index contributed by atoms with van der Waals surface area (Å²) in [4.78, 5) is 10.5. The molecule has 1 aromatic carbocycles. The Balaban J connectivity index is 2.00. The van der Waals surface area contributed by atoms with Gasteiger partial charge in [0.25, 0.3) is 0 Å². The molecule has 1 aromatic heterocycles. The van der Waals surface area contributed by atoms with Gasteiger partial charge >= 0.3 is 5.97 Å². The summed E-state index contributed by atoms with van der Waals surface area (Å²) in [5, 5.41) is 12.8. The van der Waals surface area contributed by atoms with E-state index < -0.39 is 5.97 Å². The van der Waals surface area contributed by atoms with E-state index >= 15 is 0 Å². The molecule has 0 aliphatic carbocycles. The Morgan fingerprint density at radius 2 is 2.19 bits per heavy atom. The SMILES string of the molecule is COc1cc(C=CC(=O)O)ccc1OCCc1ccsc1. The van der Waals surface area contributed by atoms with Crippen molar-refractivity contribution >= 4 is 23.4 Å². The number of thiophene rings is 1. The maximum atomic E-state index is 10.5. The normalized spacial score (nSPS) is 10.7. The lowest BCUT2D eigenvalue weighted by Crippen LogP contribution is -2.02. The topological polar surface area (TPSA) is 55.8 Å². The third kappa shape index (κ3) is 4.65. The number of aliphatic carboxylic acids is 1. The molecule has 0 fully saturated rings. The second kappa shape index (κ2) is 7.50. The van der Waals surface area contributed by atoms with Crippen molar-refractivity contribution in [1.29, 1.82) is 0 Å². The minimum absolute atomic E-state index is 0.567. The largest absolute Gasteiger partial charge is 0.493 e. The first-order valence-corrected chi connectivity index (χ1v) is 7.36. The summed E-state index contributed by atoms with van der Waals surface area (Å²) in [5.74, 6) is 0.262. The van der Waals surface area contributed by atoms with Crippen LogP contribution in [0.4, 0.5) is 0 Å². The molecule has 21 heavy (non-hydrogen) atoms. The van der Waals surface area contributed by atoms with Crippen LogP contribution in [0.2, 0.25) is 0 Å². The standard InChI is InChI=1S/C16H16O4S/c1-19-15-10-12(3-5-16(17)18)2-4-14(15)20-8-6-13-7-9-21-11-13/h2-5,7,9-11H,6,8H2,1H3,(H,17,18). The van der Waals surface area contributed by atoms with Gasteiger partial charge in [-0.3, -0.25) is 0 Å². The van der Waals surface area contributed by atoms with Crippen molar-refractivity contribution in [2.24, 2.45) is 0 Å². The minimum Gasteiger partial charge on any atom is -0.493 e. The highest BCUT2D eigenvalue weighted by molar-refractivity contribution is 7.07. The molecule has 4 nitrogen and oxygen atoms in total. The maximum Gasteiger partial charge on any atom is 0.328 e. The minimum atomic E-state index is -0.981. The van der Waals surface area contributed by atoms with E-state index in [0.717, 1.165) is 18.1 Å². The van der Waals surface area contributed by atoms with E-state index in [-0.39, 0.29) is 0 Å². The molecule has 0 spiro atoms. The summed E-state index contributed by atoms with van der Waals surface area (Å²) >= 11 is 1.67. The van der Waals surface area contributed by atoms with Crippen LogP contribution in [-0.2, 0) is 11.2 Å². The average molecular weight is 304 g/mol. The van der Waals surface area contributed by atoms with Crippen molar-refractivity contribution in [3.05, 3.63) is 52.2 Å². The van der Waals surface area contributed by atoms with E-state index in [1.807, 2.05) is 5.38 Å². The number of carboxylic acid groups (broad SMARTS) is 1. The Kier molecular flexibility index (Phi) is 5.40. The van der Waals surface area contributed by atoms with Gasteiger partial charge in [0.05, 0.1) is 13.7 Å². The highest BCUT2D eigenvalue weighted by atomic mass is 32.1. The number of rotatable bonds is 7. The molecule has 0 saturated carbocycles. The van der Waals surface area contributed by atoms with Gasteiger partial charge in [-0.25, -0.2) is 4.79 Å². The maximum absolute atomic E-state index is 10.5. The highest BCUT2D eigenvalue weighted by Crippen LogP contribution is 2.28. The monoisotopic (exact) mass is 304 g/mol. The van der Waals surface area contributed by atoms with Gasteiger partial charge in [-0.1, -0.05) is 6.07 Å². The summed E-state index contributed by atoms with van der Waals surface area (Å²) in [7, 11) is 1.56. The molecule has 0 aliphatic rings. The summed E-state index contributed by atoms with van der Waals surface area (Å²) in [6, 6.07) is 7.40. The first-order chi connectivity index (χ1) is 10.2. The van der Waals surface area contributed by atoms with Gasteiger partial charge in [-0.15, -0.1) is 0 Å². The van der Waals surface area contributed by atoms with Gasteiger partial charge in [0.15, 0.2) is 11.5 Å². The molecule has 0 bridgehead atoms. The lowest BCUT2D eigenvalue weighted by molar-refractivity contribution is -0.131. The number of carboxylic acids is 1. The Morgan fingerprint density at radius 3 is 2.86 bits per heavy atom. The van der Waals surface area contributed by atoms with Gasteiger partial charge in [0.2, 0.25) is 0 Å². The fourth-order valence-electron chi connectivity index (χ4n) is 1.79. The Bertz CT molecular complexity index is 617. The molecule has 1 N–H and O–H groups in total. The number of hydrogen-bond donors (Lipinski definition) is 1. The fraction of sp³-hybridized carbons (Fsp3) is 0.188. The summed E-state index contributed by atoms with van der Waals surface area (Å²) in [5.41, 5.74) is 2.00. The van der Waals surface area contributed by atoms with E-state index in [9.17, 15) is 4.79 Å². The summed E-state index contributed by atoms with van der Waals surface area (Å²) < 4.78 is 11.0. The quantitative estimate of drug-likeness (QED) is 0.796. The zero-order chi connectivity index (χ0) is 15.1. The fourth-order valence-corrected chi connectivity index (χ4v) is 2.49. The van der Waals surface area contributed by atoms with E-state index in [1.54, 1.807) is 36.6 Å². The molecular formula is C16H16O4S. The first-order valence-electron chi connectivity index (χ1n) is 6.42. The van der Waals surface area contributed by atoms with Crippen LogP contribution in [0.3, 0.4) is 0 Å². The molecule has 0 atom stereocenters. The van der Waals surface area contributed by atoms with Crippen LogP contribution in [0, 0.1) is 0 Å². The second-order valence-corrected chi connectivity index (χ2v) is 5.09. The number of ether oxygens (including phenoxy) is 2. The summed E-state index contributed by atoms with van der Waals surface area (Å²) in [6.07, 6.45) is 3.44. The lowest BCUT2D eigenvalue weighted by Gasteiger charge is -2.11. The Hall–Kier alpha value is -2.27.